The quantitative estimate of drug-likeness (QED) is 0.543. The summed E-state index contributed by atoms with van der Waals surface area (Å²) in [4.78, 5) is 18.4. The maximum absolute atomic E-state index is 10.1. The van der Waals surface area contributed by atoms with Crippen molar-refractivity contribution in [1.29, 1.82) is 0 Å². The van der Waals surface area contributed by atoms with E-state index in [1.807, 2.05) is 6.92 Å². The van der Waals surface area contributed by atoms with E-state index in [9.17, 15) is 4.79 Å². The van der Waals surface area contributed by atoms with Gasteiger partial charge in [-0.15, -0.1) is 0 Å². The van der Waals surface area contributed by atoms with E-state index in [-0.39, 0.29) is 0 Å². The van der Waals surface area contributed by atoms with Gasteiger partial charge in [0, 0.05) is 31.6 Å². The maximum Gasteiger partial charge on any atom is 0.328 e. The van der Waals surface area contributed by atoms with Gasteiger partial charge in [0.05, 0.1) is 11.4 Å². The van der Waals surface area contributed by atoms with Crippen molar-refractivity contribution < 1.29 is 9.90 Å². The smallest absolute Gasteiger partial charge is 0.328 e. The zero-order valence-electron chi connectivity index (χ0n) is 8.47. The summed E-state index contributed by atoms with van der Waals surface area (Å²) in [6, 6.07) is 0. The summed E-state index contributed by atoms with van der Waals surface area (Å²) in [6.07, 6.45) is 6.05. The Bertz CT molecular complexity index is 346. The molecule has 80 valence electrons. The van der Waals surface area contributed by atoms with Gasteiger partial charge in [0.25, 0.3) is 0 Å². The predicted molar refractivity (Wildman–Crippen MR) is 55.3 cm³/mol. The minimum absolute atomic E-state index is 0.502. The number of carboxylic acid groups (broad SMARTS) is 1. The summed E-state index contributed by atoms with van der Waals surface area (Å²) >= 11 is 0. The van der Waals surface area contributed by atoms with Gasteiger partial charge >= 0.3 is 5.97 Å². The van der Waals surface area contributed by atoms with E-state index in [1.54, 1.807) is 18.5 Å². The van der Waals surface area contributed by atoms with Crippen LogP contribution in [0.25, 0.3) is 0 Å². The van der Waals surface area contributed by atoms with Crippen LogP contribution in [-0.2, 0) is 11.3 Å². The van der Waals surface area contributed by atoms with Crippen molar-refractivity contribution in [1.82, 2.24) is 15.3 Å². The molecule has 5 heteroatoms. The van der Waals surface area contributed by atoms with Crippen molar-refractivity contribution in [2.75, 3.05) is 6.54 Å². The number of nitrogens with zero attached hydrogens (tertiary/aromatic N) is 2. The van der Waals surface area contributed by atoms with E-state index in [0.717, 1.165) is 17.5 Å². The SMILES string of the molecule is Cc1cnc(CNC/C=C/C(=O)O)cn1. The fourth-order valence-corrected chi connectivity index (χ4v) is 0.954. The highest BCUT2D eigenvalue weighted by Crippen LogP contribution is 1.92. The van der Waals surface area contributed by atoms with Crippen LogP contribution in [0.15, 0.2) is 24.5 Å². The molecule has 0 saturated heterocycles. The third-order valence-electron chi connectivity index (χ3n) is 1.66. The van der Waals surface area contributed by atoms with Gasteiger partial charge in [-0.2, -0.15) is 0 Å². The zero-order valence-corrected chi connectivity index (χ0v) is 8.47. The number of nitrogens with one attached hydrogen (secondary N) is 1. The molecule has 0 aromatic carbocycles. The molecule has 0 unspecified atom stereocenters. The van der Waals surface area contributed by atoms with E-state index < -0.39 is 5.97 Å². The molecule has 0 atom stereocenters. The summed E-state index contributed by atoms with van der Waals surface area (Å²) in [5.41, 5.74) is 1.72. The lowest BCUT2D eigenvalue weighted by Gasteiger charge is -2.00. The van der Waals surface area contributed by atoms with Gasteiger partial charge in [-0.1, -0.05) is 6.08 Å². The van der Waals surface area contributed by atoms with E-state index in [0.29, 0.717) is 13.1 Å². The first-order valence-corrected chi connectivity index (χ1v) is 4.56. The molecule has 0 radical (unpaired) electrons. The summed E-state index contributed by atoms with van der Waals surface area (Å²) in [5, 5.41) is 11.3. The third kappa shape index (κ3) is 4.87. The van der Waals surface area contributed by atoms with E-state index in [2.05, 4.69) is 15.3 Å². The van der Waals surface area contributed by atoms with Crippen LogP contribution in [0.5, 0.6) is 0 Å². The number of hydrogen-bond acceptors (Lipinski definition) is 4. The second kappa shape index (κ2) is 5.87. The number of rotatable bonds is 5. The lowest BCUT2D eigenvalue weighted by atomic mass is 10.4. The summed E-state index contributed by atoms with van der Waals surface area (Å²) in [6.45, 7) is 2.96. The van der Waals surface area contributed by atoms with Gasteiger partial charge in [0.15, 0.2) is 0 Å². The Kier molecular flexibility index (Phi) is 4.43. The Morgan fingerprint density at radius 1 is 1.53 bits per heavy atom. The Labute approximate surface area is 87.9 Å². The molecule has 15 heavy (non-hydrogen) atoms. The molecule has 0 aliphatic heterocycles. The standard InChI is InChI=1S/C10H13N3O2/c1-8-5-13-9(7-12-8)6-11-4-2-3-10(14)15/h2-3,5,7,11H,4,6H2,1H3,(H,14,15)/b3-2+. The summed E-state index contributed by atoms with van der Waals surface area (Å²) in [5.74, 6) is -0.938. The van der Waals surface area contributed by atoms with Gasteiger partial charge in [0.1, 0.15) is 0 Å². The molecular weight excluding hydrogens is 194 g/mol. The fraction of sp³-hybridized carbons (Fsp3) is 0.300. The molecule has 0 aliphatic carbocycles. The molecule has 0 aliphatic rings. The van der Waals surface area contributed by atoms with Crippen molar-refractivity contribution in [3.05, 3.63) is 35.9 Å². The fourth-order valence-electron chi connectivity index (χ4n) is 0.954. The number of carbonyl (C=O) groups is 1. The zero-order chi connectivity index (χ0) is 11.1. The van der Waals surface area contributed by atoms with Gasteiger partial charge in [-0.25, -0.2) is 4.79 Å². The molecular formula is C10H13N3O2. The van der Waals surface area contributed by atoms with Crippen LogP contribution in [0.1, 0.15) is 11.4 Å². The number of hydrogen-bond donors (Lipinski definition) is 2. The molecule has 1 aromatic rings. The van der Waals surface area contributed by atoms with E-state index >= 15 is 0 Å². The van der Waals surface area contributed by atoms with Gasteiger partial charge in [0.2, 0.25) is 0 Å². The average molecular weight is 207 g/mol. The van der Waals surface area contributed by atoms with Gasteiger partial charge in [-0.05, 0) is 6.92 Å². The van der Waals surface area contributed by atoms with Crippen LogP contribution in [0.2, 0.25) is 0 Å². The monoisotopic (exact) mass is 207 g/mol. The molecule has 0 amide bonds. The molecule has 2 N–H and O–H groups in total. The highest BCUT2D eigenvalue weighted by atomic mass is 16.4. The van der Waals surface area contributed by atoms with Crippen molar-refractivity contribution in [3.63, 3.8) is 0 Å². The second-order valence-electron chi connectivity index (χ2n) is 3.02. The molecule has 0 fully saturated rings. The molecule has 5 nitrogen and oxygen atoms in total. The van der Waals surface area contributed by atoms with Crippen molar-refractivity contribution >= 4 is 5.97 Å². The highest BCUT2D eigenvalue weighted by Gasteiger charge is 1.93. The molecule has 1 rings (SSSR count). The highest BCUT2D eigenvalue weighted by molar-refractivity contribution is 5.79. The number of aromatic nitrogens is 2. The maximum atomic E-state index is 10.1. The van der Waals surface area contributed by atoms with Crippen LogP contribution in [0, 0.1) is 6.92 Å². The second-order valence-corrected chi connectivity index (χ2v) is 3.02. The Morgan fingerprint density at radius 2 is 2.33 bits per heavy atom. The lowest BCUT2D eigenvalue weighted by molar-refractivity contribution is -0.131. The Morgan fingerprint density at radius 3 is 2.93 bits per heavy atom. The van der Waals surface area contributed by atoms with Crippen LogP contribution in [0.3, 0.4) is 0 Å². The first-order chi connectivity index (χ1) is 7.18. The summed E-state index contributed by atoms with van der Waals surface area (Å²) < 4.78 is 0. The number of aliphatic carboxylic acids is 1. The van der Waals surface area contributed by atoms with E-state index in [1.165, 1.54) is 0 Å². The minimum atomic E-state index is -0.938. The minimum Gasteiger partial charge on any atom is -0.478 e. The largest absolute Gasteiger partial charge is 0.478 e. The molecule has 1 aromatic heterocycles. The predicted octanol–water partition coefficient (Wildman–Crippen LogP) is 0.515. The Balaban J connectivity index is 2.26. The van der Waals surface area contributed by atoms with Crippen molar-refractivity contribution in [2.45, 2.75) is 13.5 Å². The molecule has 1 heterocycles. The van der Waals surface area contributed by atoms with Crippen molar-refractivity contribution in [3.8, 4) is 0 Å². The molecule has 0 bridgehead atoms. The van der Waals surface area contributed by atoms with Gasteiger partial charge in [-0.3, -0.25) is 9.97 Å². The van der Waals surface area contributed by atoms with Crippen LogP contribution in [-0.4, -0.2) is 27.6 Å². The van der Waals surface area contributed by atoms with Crippen LogP contribution in [0.4, 0.5) is 0 Å². The summed E-state index contributed by atoms with van der Waals surface area (Å²) in [7, 11) is 0. The first-order valence-electron chi connectivity index (χ1n) is 4.56. The van der Waals surface area contributed by atoms with Crippen LogP contribution >= 0.6 is 0 Å². The normalized spacial score (nSPS) is 10.7. The number of carboxylic acids is 1. The topological polar surface area (TPSA) is 75.1 Å². The number of aryl methyl sites for hydroxylation is 1. The van der Waals surface area contributed by atoms with Crippen molar-refractivity contribution in [2.24, 2.45) is 0 Å². The van der Waals surface area contributed by atoms with Crippen LogP contribution < -0.4 is 5.32 Å². The molecule has 0 spiro atoms. The third-order valence-corrected chi connectivity index (χ3v) is 1.66. The Hall–Kier alpha value is -1.75. The van der Waals surface area contributed by atoms with Gasteiger partial charge < -0.3 is 10.4 Å². The van der Waals surface area contributed by atoms with E-state index in [4.69, 9.17) is 5.11 Å². The average Bonchev–Trinajstić information content (AvgIpc) is 2.20. The lowest BCUT2D eigenvalue weighted by Crippen LogP contribution is -2.14. The first kappa shape index (κ1) is 11.3. The molecule has 0 saturated carbocycles.